The predicted molar refractivity (Wildman–Crippen MR) is 81.7 cm³/mol. The van der Waals surface area contributed by atoms with E-state index in [2.05, 4.69) is 55.8 Å². The zero-order valence-electron chi connectivity index (χ0n) is 11.9. The zero-order valence-corrected chi connectivity index (χ0v) is 13.5. The largest absolute Gasteiger partial charge is 0.390 e. The van der Waals surface area contributed by atoms with Crippen LogP contribution in [0.3, 0.4) is 0 Å². The van der Waals surface area contributed by atoms with Crippen LogP contribution in [0.5, 0.6) is 0 Å². The van der Waals surface area contributed by atoms with E-state index >= 15 is 0 Å². The fraction of sp³-hybridized carbons (Fsp3) is 0.625. The van der Waals surface area contributed by atoms with Crippen LogP contribution >= 0.6 is 15.9 Å². The number of halogens is 1. The molecule has 0 radical (unpaired) electrons. The lowest BCUT2D eigenvalue weighted by atomic mass is 9.81. The molecule has 1 N–H and O–H groups in total. The van der Waals surface area contributed by atoms with Crippen LogP contribution in [0.15, 0.2) is 28.7 Å². The molecule has 0 aliphatic rings. The van der Waals surface area contributed by atoms with Crippen molar-refractivity contribution in [1.29, 1.82) is 0 Å². The van der Waals surface area contributed by atoms with Gasteiger partial charge in [0.1, 0.15) is 0 Å². The second-order valence-electron chi connectivity index (χ2n) is 6.22. The summed E-state index contributed by atoms with van der Waals surface area (Å²) in [6.07, 6.45) is 2.47. The number of benzene rings is 1. The molecule has 1 rings (SSSR count). The van der Waals surface area contributed by atoms with E-state index in [-0.39, 0.29) is 0 Å². The van der Waals surface area contributed by atoms with Gasteiger partial charge in [-0.15, -0.1) is 0 Å². The maximum Gasteiger partial charge on any atom is 0.0692 e. The Kier molecular flexibility index (Phi) is 5.87. The molecule has 0 aliphatic carbocycles. The van der Waals surface area contributed by atoms with Gasteiger partial charge in [0.25, 0.3) is 0 Å². The summed E-state index contributed by atoms with van der Waals surface area (Å²) in [6, 6.07) is 8.27. The molecule has 0 saturated heterocycles. The lowest BCUT2D eigenvalue weighted by Gasteiger charge is -2.32. The minimum atomic E-state index is -0.573. The Bertz CT molecular complexity index is 344. The standard InChI is InChI=1S/C16H25BrO/c1-12(2)9-16(18,10-13(3)4)11-14-5-7-15(17)8-6-14/h5-8,12-13,18H,9-11H2,1-4H3. The molecule has 0 unspecified atom stereocenters. The Morgan fingerprint density at radius 3 is 1.83 bits per heavy atom. The average Bonchev–Trinajstić information content (AvgIpc) is 2.18. The zero-order chi connectivity index (χ0) is 13.8. The highest BCUT2D eigenvalue weighted by atomic mass is 79.9. The fourth-order valence-corrected chi connectivity index (χ4v) is 2.99. The molecule has 0 bridgehead atoms. The van der Waals surface area contributed by atoms with Gasteiger partial charge in [-0.1, -0.05) is 55.8 Å². The van der Waals surface area contributed by atoms with E-state index in [0.717, 1.165) is 23.7 Å². The van der Waals surface area contributed by atoms with Crippen LogP contribution in [0.2, 0.25) is 0 Å². The van der Waals surface area contributed by atoms with Crippen molar-refractivity contribution in [2.45, 2.75) is 52.6 Å². The van der Waals surface area contributed by atoms with Crippen molar-refractivity contribution in [3.63, 3.8) is 0 Å². The molecule has 0 amide bonds. The van der Waals surface area contributed by atoms with Gasteiger partial charge in [0.2, 0.25) is 0 Å². The number of rotatable bonds is 6. The quantitative estimate of drug-likeness (QED) is 0.798. The molecule has 0 saturated carbocycles. The second-order valence-corrected chi connectivity index (χ2v) is 7.14. The molecule has 0 aromatic heterocycles. The first-order valence-corrected chi connectivity index (χ1v) is 7.57. The SMILES string of the molecule is CC(C)CC(O)(Cc1ccc(Br)cc1)CC(C)C. The maximum absolute atomic E-state index is 10.9. The Morgan fingerprint density at radius 2 is 1.44 bits per heavy atom. The fourth-order valence-electron chi connectivity index (χ4n) is 2.73. The summed E-state index contributed by atoms with van der Waals surface area (Å²) in [5.41, 5.74) is 0.637. The molecule has 0 aliphatic heterocycles. The Hall–Kier alpha value is -0.340. The van der Waals surface area contributed by atoms with Gasteiger partial charge in [-0.05, 0) is 42.4 Å². The molecular formula is C16H25BrO. The molecule has 1 aromatic rings. The summed E-state index contributed by atoms with van der Waals surface area (Å²) in [7, 11) is 0. The smallest absolute Gasteiger partial charge is 0.0692 e. The van der Waals surface area contributed by atoms with E-state index in [1.807, 2.05) is 12.1 Å². The van der Waals surface area contributed by atoms with Crippen molar-refractivity contribution in [1.82, 2.24) is 0 Å². The van der Waals surface area contributed by atoms with Crippen molar-refractivity contribution in [3.05, 3.63) is 34.3 Å². The normalized spacial score (nSPS) is 12.4. The summed E-state index contributed by atoms with van der Waals surface area (Å²) in [5.74, 6) is 1.04. The first-order chi connectivity index (χ1) is 8.31. The maximum atomic E-state index is 10.9. The minimum Gasteiger partial charge on any atom is -0.390 e. The molecule has 1 nitrogen and oxygen atoms in total. The van der Waals surface area contributed by atoms with Crippen LogP contribution in [-0.4, -0.2) is 10.7 Å². The molecule has 1 aromatic carbocycles. The van der Waals surface area contributed by atoms with Crippen molar-refractivity contribution in [3.8, 4) is 0 Å². The molecule has 2 heteroatoms. The van der Waals surface area contributed by atoms with Crippen molar-refractivity contribution >= 4 is 15.9 Å². The molecule has 0 atom stereocenters. The second kappa shape index (κ2) is 6.72. The highest BCUT2D eigenvalue weighted by molar-refractivity contribution is 9.10. The lowest BCUT2D eigenvalue weighted by molar-refractivity contribution is 0.000744. The van der Waals surface area contributed by atoms with Crippen molar-refractivity contribution in [2.24, 2.45) is 11.8 Å². The van der Waals surface area contributed by atoms with Gasteiger partial charge in [0, 0.05) is 10.9 Å². The van der Waals surface area contributed by atoms with Crippen LogP contribution in [0, 0.1) is 11.8 Å². The molecule has 0 heterocycles. The number of aliphatic hydroxyl groups is 1. The Balaban J connectivity index is 2.80. The summed E-state index contributed by atoms with van der Waals surface area (Å²) in [4.78, 5) is 0. The molecular weight excluding hydrogens is 288 g/mol. The number of hydrogen-bond acceptors (Lipinski definition) is 1. The van der Waals surface area contributed by atoms with E-state index in [1.165, 1.54) is 5.56 Å². The third-order valence-electron chi connectivity index (χ3n) is 3.02. The molecule has 102 valence electrons. The van der Waals surface area contributed by atoms with E-state index in [1.54, 1.807) is 0 Å². The minimum absolute atomic E-state index is 0.518. The van der Waals surface area contributed by atoms with Gasteiger partial charge in [-0.25, -0.2) is 0 Å². The van der Waals surface area contributed by atoms with Crippen LogP contribution in [0.4, 0.5) is 0 Å². The van der Waals surface area contributed by atoms with Gasteiger partial charge in [0.15, 0.2) is 0 Å². The summed E-state index contributed by atoms with van der Waals surface area (Å²) >= 11 is 3.44. The van der Waals surface area contributed by atoms with Crippen LogP contribution < -0.4 is 0 Å². The topological polar surface area (TPSA) is 20.2 Å². The lowest BCUT2D eigenvalue weighted by Crippen LogP contribution is -2.34. The van der Waals surface area contributed by atoms with Gasteiger partial charge < -0.3 is 5.11 Å². The van der Waals surface area contributed by atoms with E-state index < -0.39 is 5.60 Å². The average molecular weight is 313 g/mol. The van der Waals surface area contributed by atoms with Crippen molar-refractivity contribution < 1.29 is 5.11 Å². The summed E-state index contributed by atoms with van der Waals surface area (Å²) in [5, 5.41) is 10.9. The van der Waals surface area contributed by atoms with Crippen LogP contribution in [0.1, 0.15) is 46.1 Å². The monoisotopic (exact) mass is 312 g/mol. The molecule has 18 heavy (non-hydrogen) atoms. The predicted octanol–water partition coefficient (Wildman–Crippen LogP) is 4.81. The highest BCUT2D eigenvalue weighted by Gasteiger charge is 2.29. The number of hydrogen-bond donors (Lipinski definition) is 1. The molecule has 0 fully saturated rings. The molecule has 0 spiro atoms. The summed E-state index contributed by atoms with van der Waals surface area (Å²) in [6.45, 7) is 8.69. The van der Waals surface area contributed by atoms with Gasteiger partial charge in [-0.3, -0.25) is 0 Å². The summed E-state index contributed by atoms with van der Waals surface area (Å²) < 4.78 is 1.09. The van der Waals surface area contributed by atoms with Crippen LogP contribution in [0.25, 0.3) is 0 Å². The third-order valence-corrected chi connectivity index (χ3v) is 3.55. The third kappa shape index (κ3) is 5.53. The van der Waals surface area contributed by atoms with E-state index in [0.29, 0.717) is 11.8 Å². The van der Waals surface area contributed by atoms with Gasteiger partial charge >= 0.3 is 0 Å². The van der Waals surface area contributed by atoms with Crippen molar-refractivity contribution in [2.75, 3.05) is 0 Å². The van der Waals surface area contributed by atoms with E-state index in [4.69, 9.17) is 0 Å². The highest BCUT2D eigenvalue weighted by Crippen LogP contribution is 2.29. The van der Waals surface area contributed by atoms with Gasteiger partial charge in [0.05, 0.1) is 5.60 Å². The Labute approximate surface area is 120 Å². The van der Waals surface area contributed by atoms with Gasteiger partial charge in [-0.2, -0.15) is 0 Å². The first kappa shape index (κ1) is 15.7. The van der Waals surface area contributed by atoms with E-state index in [9.17, 15) is 5.11 Å². The van der Waals surface area contributed by atoms with Crippen LogP contribution in [-0.2, 0) is 6.42 Å². The first-order valence-electron chi connectivity index (χ1n) is 6.77. The Morgan fingerprint density at radius 1 is 1.00 bits per heavy atom.